The van der Waals surface area contributed by atoms with Crippen LogP contribution in [0.15, 0.2) is 0 Å². The maximum atomic E-state index is 2.54. The third-order valence-corrected chi connectivity index (χ3v) is 2.20. The van der Waals surface area contributed by atoms with Crippen molar-refractivity contribution in [3.05, 3.63) is 0 Å². The molecule has 0 atom stereocenters. The van der Waals surface area contributed by atoms with Crippen LogP contribution in [0.4, 0.5) is 0 Å². The fraction of sp³-hybridized carbons (Fsp3) is 1.00. The van der Waals surface area contributed by atoms with Crippen molar-refractivity contribution in [1.82, 2.24) is 9.80 Å². The van der Waals surface area contributed by atoms with Gasteiger partial charge in [-0.15, -0.1) is 0 Å². The Morgan fingerprint density at radius 1 is 0.615 bits per heavy atom. The van der Waals surface area contributed by atoms with Crippen LogP contribution < -0.4 is 0 Å². The number of hydrogen-bond donors (Lipinski definition) is 0. The highest BCUT2D eigenvalue weighted by atomic mass is 15.3. The van der Waals surface area contributed by atoms with Crippen molar-refractivity contribution in [1.29, 1.82) is 0 Å². The molecule has 0 radical (unpaired) electrons. The molecule has 0 N–H and O–H groups in total. The van der Waals surface area contributed by atoms with Gasteiger partial charge in [0.2, 0.25) is 0 Å². The highest BCUT2D eigenvalue weighted by molar-refractivity contribution is 4.78. The molecule has 13 heavy (non-hydrogen) atoms. The molecular formula is C10H24N3+. The Labute approximate surface area is 82.5 Å². The Bertz CT molecular complexity index is 114. The molecule has 3 rings (SSSR count). The second-order valence-electron chi connectivity index (χ2n) is 5.37. The lowest BCUT2D eigenvalue weighted by molar-refractivity contribution is -0.849. The summed E-state index contributed by atoms with van der Waals surface area (Å²) in [5.74, 6) is 0. The van der Waals surface area contributed by atoms with Gasteiger partial charge in [-0.3, -0.25) is 9.80 Å². The van der Waals surface area contributed by atoms with E-state index in [1.165, 1.54) is 39.3 Å². The molecule has 3 heteroatoms. The fourth-order valence-electron chi connectivity index (χ4n) is 1.52. The van der Waals surface area contributed by atoms with Crippen LogP contribution in [0.3, 0.4) is 0 Å². The van der Waals surface area contributed by atoms with Crippen molar-refractivity contribution in [3.63, 3.8) is 0 Å². The van der Waals surface area contributed by atoms with Gasteiger partial charge in [0.15, 0.2) is 0 Å². The highest BCUT2D eigenvalue weighted by Crippen LogP contribution is 2.06. The molecule has 0 aromatic heterocycles. The van der Waals surface area contributed by atoms with Gasteiger partial charge in [-0.25, -0.2) is 0 Å². The molecule has 0 saturated carbocycles. The van der Waals surface area contributed by atoms with Crippen LogP contribution in [0.2, 0.25) is 0 Å². The Morgan fingerprint density at radius 3 is 0.846 bits per heavy atom. The molecule has 3 saturated heterocycles. The van der Waals surface area contributed by atoms with E-state index in [4.69, 9.17) is 0 Å². The maximum absolute atomic E-state index is 2.54. The van der Waals surface area contributed by atoms with Crippen LogP contribution in [0.25, 0.3) is 0 Å². The second-order valence-corrected chi connectivity index (χ2v) is 5.37. The number of piperazine rings is 3. The van der Waals surface area contributed by atoms with Gasteiger partial charge in [-0.05, 0) is 0 Å². The summed E-state index contributed by atoms with van der Waals surface area (Å²) in [5, 5.41) is 0. The standard InChI is InChI=1S/C6H12N2.C4H12N/c1-2-8-5-3-7(1)4-6-8;1-5(2,3)4/h1-6H2;1-4H3/q;+1. The topological polar surface area (TPSA) is 6.48 Å². The van der Waals surface area contributed by atoms with Gasteiger partial charge >= 0.3 is 0 Å². The maximum Gasteiger partial charge on any atom is 0.0675 e. The first-order chi connectivity index (χ1) is 5.95. The third-order valence-electron chi connectivity index (χ3n) is 2.20. The van der Waals surface area contributed by atoms with Crippen LogP contribution in [0, 0.1) is 0 Å². The molecule has 3 aliphatic heterocycles. The van der Waals surface area contributed by atoms with Crippen molar-refractivity contribution in [2.75, 3.05) is 67.5 Å². The van der Waals surface area contributed by atoms with Crippen molar-refractivity contribution >= 4 is 0 Å². The lowest BCUT2D eigenvalue weighted by Crippen LogP contribution is -2.55. The van der Waals surface area contributed by atoms with Crippen molar-refractivity contribution < 1.29 is 4.48 Å². The zero-order chi connectivity index (χ0) is 9.90. The van der Waals surface area contributed by atoms with Gasteiger partial charge in [0.1, 0.15) is 0 Å². The zero-order valence-corrected chi connectivity index (χ0v) is 9.58. The normalized spacial score (nSPS) is 32.3. The Hall–Kier alpha value is -0.120. The van der Waals surface area contributed by atoms with Crippen molar-refractivity contribution in [2.45, 2.75) is 0 Å². The average molecular weight is 186 g/mol. The average Bonchev–Trinajstić information content (AvgIpc) is 2.05. The molecule has 2 bridgehead atoms. The molecule has 3 heterocycles. The van der Waals surface area contributed by atoms with Gasteiger partial charge in [-0.2, -0.15) is 0 Å². The molecule has 3 nitrogen and oxygen atoms in total. The number of fused-ring (bicyclic) bond motifs is 3. The van der Waals surface area contributed by atoms with Crippen molar-refractivity contribution in [3.8, 4) is 0 Å². The van der Waals surface area contributed by atoms with Crippen LogP contribution in [-0.2, 0) is 0 Å². The van der Waals surface area contributed by atoms with Crippen LogP contribution >= 0.6 is 0 Å². The summed E-state index contributed by atoms with van der Waals surface area (Å²) in [5.41, 5.74) is 0. The lowest BCUT2D eigenvalue weighted by Gasteiger charge is -2.41. The molecule has 0 aliphatic carbocycles. The van der Waals surface area contributed by atoms with Crippen molar-refractivity contribution in [2.24, 2.45) is 0 Å². The van der Waals surface area contributed by atoms with Gasteiger partial charge in [-0.1, -0.05) is 0 Å². The fourth-order valence-corrected chi connectivity index (χ4v) is 1.52. The molecule has 0 spiro atoms. The van der Waals surface area contributed by atoms with E-state index in [2.05, 4.69) is 38.0 Å². The highest BCUT2D eigenvalue weighted by Gasteiger charge is 2.21. The summed E-state index contributed by atoms with van der Waals surface area (Å²) in [6, 6.07) is 0. The van der Waals surface area contributed by atoms with Crippen LogP contribution in [-0.4, -0.2) is 81.7 Å². The van der Waals surface area contributed by atoms with E-state index in [-0.39, 0.29) is 0 Å². The van der Waals surface area contributed by atoms with E-state index in [0.717, 1.165) is 4.48 Å². The number of quaternary nitrogens is 1. The first-order valence-corrected chi connectivity index (χ1v) is 5.19. The largest absolute Gasteiger partial charge is 0.333 e. The first kappa shape index (κ1) is 11.0. The van der Waals surface area contributed by atoms with E-state index in [9.17, 15) is 0 Å². The molecule has 78 valence electrons. The van der Waals surface area contributed by atoms with Gasteiger partial charge in [0.05, 0.1) is 28.2 Å². The Morgan fingerprint density at radius 2 is 0.769 bits per heavy atom. The minimum Gasteiger partial charge on any atom is -0.333 e. The molecular weight excluding hydrogens is 162 g/mol. The van der Waals surface area contributed by atoms with Gasteiger partial charge in [0, 0.05) is 39.3 Å². The van der Waals surface area contributed by atoms with Gasteiger partial charge < -0.3 is 4.48 Å². The summed E-state index contributed by atoms with van der Waals surface area (Å²) >= 11 is 0. The number of hydrogen-bond acceptors (Lipinski definition) is 2. The number of nitrogens with zero attached hydrogens (tertiary/aromatic N) is 3. The Balaban J connectivity index is 0.000000149. The molecule has 0 unspecified atom stereocenters. The van der Waals surface area contributed by atoms with E-state index >= 15 is 0 Å². The van der Waals surface area contributed by atoms with Crippen LogP contribution in [0.5, 0.6) is 0 Å². The molecule has 0 amide bonds. The van der Waals surface area contributed by atoms with E-state index < -0.39 is 0 Å². The summed E-state index contributed by atoms with van der Waals surface area (Å²) in [6.45, 7) is 7.92. The predicted molar refractivity (Wildman–Crippen MR) is 56.8 cm³/mol. The van der Waals surface area contributed by atoms with E-state index in [1.807, 2.05) is 0 Å². The summed E-state index contributed by atoms with van der Waals surface area (Å²) in [7, 11) is 8.50. The smallest absolute Gasteiger partial charge is 0.0675 e. The second kappa shape index (κ2) is 4.40. The lowest BCUT2D eigenvalue weighted by atomic mass is 10.2. The summed E-state index contributed by atoms with van der Waals surface area (Å²) in [6.07, 6.45) is 0. The monoisotopic (exact) mass is 186 g/mol. The Kier molecular flexibility index (Phi) is 3.71. The minimum absolute atomic E-state index is 1.00. The molecule has 0 aromatic carbocycles. The SMILES string of the molecule is C1CN2CCN1CC2.C[N+](C)(C)C. The molecule has 0 aromatic rings. The number of rotatable bonds is 0. The summed E-state index contributed by atoms with van der Waals surface area (Å²) < 4.78 is 1.00. The summed E-state index contributed by atoms with van der Waals surface area (Å²) in [4.78, 5) is 5.08. The molecule has 3 fully saturated rings. The van der Waals surface area contributed by atoms with E-state index in [1.54, 1.807) is 0 Å². The minimum atomic E-state index is 1.00. The predicted octanol–water partition coefficient (Wildman–Crippen LogP) is -0.0600. The third kappa shape index (κ3) is 5.24. The van der Waals surface area contributed by atoms with Crippen LogP contribution in [0.1, 0.15) is 0 Å². The molecule has 3 aliphatic rings. The zero-order valence-electron chi connectivity index (χ0n) is 9.58. The first-order valence-electron chi connectivity index (χ1n) is 5.19. The van der Waals surface area contributed by atoms with Gasteiger partial charge in [0.25, 0.3) is 0 Å². The quantitative estimate of drug-likeness (QED) is 0.489. The van der Waals surface area contributed by atoms with E-state index in [0.29, 0.717) is 0 Å².